The molecule has 0 radical (unpaired) electrons. The molecule has 2 aromatic carbocycles. The first-order chi connectivity index (χ1) is 19.1. The van der Waals surface area contributed by atoms with Crippen molar-refractivity contribution in [2.24, 2.45) is 45.5 Å². The zero-order valence-electron chi connectivity index (χ0n) is 26.4. The number of anilines is 2. The number of hydrogen-bond acceptors (Lipinski definition) is 2. The summed E-state index contributed by atoms with van der Waals surface area (Å²) < 4.78 is 0. The van der Waals surface area contributed by atoms with E-state index in [2.05, 4.69) is 115 Å². The summed E-state index contributed by atoms with van der Waals surface area (Å²) in [5.74, 6) is 5.55. The predicted octanol–water partition coefficient (Wildman–Crippen LogP) is 9.55. The molecule has 2 saturated carbocycles. The van der Waals surface area contributed by atoms with Gasteiger partial charge in [0.2, 0.25) is 0 Å². The average molecular weight is 543 g/mol. The molecule has 0 aromatic heterocycles. The van der Waals surface area contributed by atoms with Crippen LogP contribution in [0.2, 0.25) is 0 Å². The van der Waals surface area contributed by atoms with E-state index in [1.165, 1.54) is 36.8 Å². The molecule has 0 amide bonds. The minimum absolute atomic E-state index is 0.285. The van der Waals surface area contributed by atoms with Crippen LogP contribution in [0.1, 0.15) is 91.2 Å². The van der Waals surface area contributed by atoms with Gasteiger partial charge in [-0.15, -0.1) is 0 Å². The van der Waals surface area contributed by atoms with E-state index in [0.29, 0.717) is 35.5 Å². The quantitative estimate of drug-likeness (QED) is 0.282. The third-order valence-corrected chi connectivity index (χ3v) is 9.42. The lowest BCUT2D eigenvalue weighted by molar-refractivity contribution is 0.200. The summed E-state index contributed by atoms with van der Waals surface area (Å²) in [7, 11) is 0. The minimum atomic E-state index is 0.285. The molecule has 40 heavy (non-hydrogen) atoms. The topological polar surface area (TPSA) is 48.8 Å². The molecule has 6 atom stereocenters. The highest BCUT2D eigenvalue weighted by atomic mass is 15.1. The molecule has 2 fully saturated rings. The first kappa shape index (κ1) is 30.3. The van der Waals surface area contributed by atoms with E-state index >= 15 is 0 Å². The van der Waals surface area contributed by atoms with Crippen LogP contribution in [0.4, 0.5) is 11.4 Å². The third-order valence-electron chi connectivity index (χ3n) is 9.42. The Kier molecular flexibility index (Phi) is 10.5. The van der Waals surface area contributed by atoms with Crippen LogP contribution in [0.5, 0.6) is 0 Å². The summed E-state index contributed by atoms with van der Waals surface area (Å²) in [6.45, 7) is 18.5. The Hall–Kier alpha value is -2.62. The molecule has 0 unspecified atom stereocenters. The van der Waals surface area contributed by atoms with Crippen LogP contribution >= 0.6 is 0 Å². The van der Waals surface area contributed by atoms with Crippen molar-refractivity contribution >= 4 is 23.0 Å². The average Bonchev–Trinajstić information content (AvgIpc) is 2.90. The van der Waals surface area contributed by atoms with Gasteiger partial charge in [-0.2, -0.15) is 0 Å². The van der Waals surface area contributed by atoms with Gasteiger partial charge in [-0.3, -0.25) is 9.98 Å². The van der Waals surface area contributed by atoms with Crippen LogP contribution in [-0.4, -0.2) is 23.8 Å². The monoisotopic (exact) mass is 542 g/mol. The van der Waals surface area contributed by atoms with Crippen molar-refractivity contribution in [3.63, 3.8) is 0 Å². The van der Waals surface area contributed by atoms with Crippen molar-refractivity contribution in [3.05, 3.63) is 59.7 Å². The third kappa shape index (κ3) is 8.21. The molecule has 2 aromatic rings. The highest BCUT2D eigenvalue weighted by Gasteiger charge is 2.33. The fourth-order valence-electron chi connectivity index (χ4n) is 6.78. The van der Waals surface area contributed by atoms with Gasteiger partial charge >= 0.3 is 0 Å². The van der Waals surface area contributed by atoms with Crippen LogP contribution in [0.3, 0.4) is 0 Å². The van der Waals surface area contributed by atoms with Gasteiger partial charge in [0.15, 0.2) is 11.7 Å². The molecular weight excluding hydrogens is 488 g/mol. The lowest BCUT2D eigenvalue weighted by Gasteiger charge is -2.36. The van der Waals surface area contributed by atoms with Crippen molar-refractivity contribution in [2.75, 3.05) is 10.6 Å². The van der Waals surface area contributed by atoms with Crippen molar-refractivity contribution < 1.29 is 0 Å². The van der Waals surface area contributed by atoms with Gasteiger partial charge in [0.05, 0.1) is 12.1 Å². The summed E-state index contributed by atoms with van der Waals surface area (Å²) in [5, 5.41) is 7.52. The van der Waals surface area contributed by atoms with Gasteiger partial charge in [-0.25, -0.2) is 0 Å². The number of aliphatic imine (C=N–C) groups is 2. The van der Waals surface area contributed by atoms with E-state index < -0.39 is 0 Å². The van der Waals surface area contributed by atoms with Crippen LogP contribution in [0.15, 0.2) is 58.5 Å². The fourth-order valence-corrected chi connectivity index (χ4v) is 6.78. The summed E-state index contributed by atoms with van der Waals surface area (Å²) >= 11 is 0. The molecule has 0 saturated heterocycles. The number of benzene rings is 2. The predicted molar refractivity (Wildman–Crippen MR) is 175 cm³/mol. The van der Waals surface area contributed by atoms with Gasteiger partial charge in [0, 0.05) is 11.4 Å². The second-order valence-corrected chi connectivity index (χ2v) is 13.7. The molecule has 2 N–H and O–H groups in total. The molecule has 0 heterocycles. The number of aryl methyl sites for hydroxylation is 2. The number of hydrogen-bond donors (Lipinski definition) is 2. The maximum atomic E-state index is 5.59. The van der Waals surface area contributed by atoms with Crippen molar-refractivity contribution in [1.82, 2.24) is 0 Å². The van der Waals surface area contributed by atoms with Crippen molar-refractivity contribution in [3.8, 4) is 0 Å². The fraction of sp³-hybridized carbons (Fsp3) is 0.611. The Balaban J connectivity index is 1.82. The second-order valence-electron chi connectivity index (χ2n) is 13.7. The molecule has 218 valence electrons. The molecule has 4 heteroatoms. The SMILES string of the molecule is Cc1ccc(NC(=N[C@@H]2C[C@H](C)CC[C@@H]2C(C)C)C(=N[C@@H]2C[C@@H](C)CC[C@@H]2C(C)C)Nc2ccc(C)cc2)cc1. The highest BCUT2D eigenvalue weighted by Crippen LogP contribution is 2.37. The van der Waals surface area contributed by atoms with Crippen molar-refractivity contribution in [2.45, 2.75) is 106 Å². The van der Waals surface area contributed by atoms with Gasteiger partial charge < -0.3 is 10.6 Å². The Morgan fingerprint density at radius 1 is 0.600 bits per heavy atom. The minimum Gasteiger partial charge on any atom is -0.337 e. The Morgan fingerprint density at radius 3 is 1.27 bits per heavy atom. The van der Waals surface area contributed by atoms with Crippen LogP contribution in [-0.2, 0) is 0 Å². The lowest BCUT2D eigenvalue weighted by Crippen LogP contribution is -2.39. The zero-order chi connectivity index (χ0) is 28.8. The summed E-state index contributed by atoms with van der Waals surface area (Å²) in [6, 6.07) is 17.9. The van der Waals surface area contributed by atoms with E-state index in [4.69, 9.17) is 9.98 Å². The molecule has 2 aliphatic rings. The number of nitrogens with one attached hydrogen (secondary N) is 2. The van der Waals surface area contributed by atoms with Crippen molar-refractivity contribution in [1.29, 1.82) is 0 Å². The maximum absolute atomic E-state index is 5.59. The Morgan fingerprint density at radius 2 is 0.950 bits per heavy atom. The normalized spacial score (nSPS) is 28.1. The van der Waals surface area contributed by atoms with Crippen LogP contribution in [0.25, 0.3) is 0 Å². The van der Waals surface area contributed by atoms with E-state index in [-0.39, 0.29) is 12.1 Å². The van der Waals surface area contributed by atoms with Gasteiger partial charge in [0.1, 0.15) is 0 Å². The standard InChI is InChI=1S/C36H54N4/c1-23(2)31-19-13-27(7)21-33(31)39-35(37-29-15-9-25(5)10-16-29)36(38-30-17-11-26(6)12-18-30)40-34-22-28(8)14-20-32(34)24(3)4/h9-12,15-18,23-24,27-28,31-34H,13-14,19-22H2,1-8H3,(H,37,39)(H,38,40)/t27-,28+,31-,32-,33-,34-/m1/s1. The molecular formula is C36H54N4. The molecule has 4 nitrogen and oxygen atoms in total. The largest absolute Gasteiger partial charge is 0.337 e. The number of amidine groups is 2. The number of rotatable bonds is 6. The summed E-state index contributed by atoms with van der Waals surface area (Å²) in [4.78, 5) is 11.2. The smallest absolute Gasteiger partial charge is 0.169 e. The molecule has 0 spiro atoms. The second kappa shape index (κ2) is 13.8. The number of nitrogens with zero attached hydrogens (tertiary/aromatic N) is 2. The molecule has 0 aliphatic heterocycles. The zero-order valence-corrected chi connectivity index (χ0v) is 26.4. The van der Waals surface area contributed by atoms with E-state index in [9.17, 15) is 0 Å². The first-order valence-corrected chi connectivity index (χ1v) is 15.9. The maximum Gasteiger partial charge on any atom is 0.169 e. The first-order valence-electron chi connectivity index (χ1n) is 15.9. The van der Waals surface area contributed by atoms with Gasteiger partial charge in [0.25, 0.3) is 0 Å². The lowest BCUT2D eigenvalue weighted by atomic mass is 9.74. The Labute approximate surface area is 244 Å². The summed E-state index contributed by atoms with van der Waals surface area (Å²) in [6.07, 6.45) is 7.36. The summed E-state index contributed by atoms with van der Waals surface area (Å²) in [5.41, 5.74) is 4.63. The van der Waals surface area contributed by atoms with Crippen LogP contribution < -0.4 is 10.6 Å². The highest BCUT2D eigenvalue weighted by molar-refractivity contribution is 6.48. The van der Waals surface area contributed by atoms with E-state index in [1.54, 1.807) is 0 Å². The Bertz CT molecular complexity index is 1040. The molecule has 2 aliphatic carbocycles. The van der Waals surface area contributed by atoms with Gasteiger partial charge in [-0.05, 0) is 99.3 Å². The van der Waals surface area contributed by atoms with E-state index in [1.807, 2.05) is 0 Å². The molecule has 0 bridgehead atoms. The molecule has 4 rings (SSSR count). The van der Waals surface area contributed by atoms with E-state index in [0.717, 1.165) is 35.9 Å². The van der Waals surface area contributed by atoms with Gasteiger partial charge in [-0.1, -0.05) is 89.8 Å². The van der Waals surface area contributed by atoms with Crippen LogP contribution in [0, 0.1) is 49.4 Å².